The van der Waals surface area contributed by atoms with Crippen LogP contribution in [-0.4, -0.2) is 36.6 Å². The molecule has 2 aliphatic rings. The summed E-state index contributed by atoms with van der Waals surface area (Å²) < 4.78 is 5.50. The molecule has 1 fully saturated rings. The third-order valence-corrected chi connectivity index (χ3v) is 3.58. The maximum absolute atomic E-state index is 12.2. The van der Waals surface area contributed by atoms with Gasteiger partial charge in [0, 0.05) is 6.54 Å². The number of benzene rings is 1. The van der Waals surface area contributed by atoms with Crippen molar-refractivity contribution in [3.63, 3.8) is 0 Å². The van der Waals surface area contributed by atoms with E-state index < -0.39 is 6.04 Å². The molecule has 3 rings (SSSR count). The van der Waals surface area contributed by atoms with Crippen LogP contribution in [0.15, 0.2) is 24.3 Å². The minimum absolute atomic E-state index is 0.0426. The first kappa shape index (κ1) is 10.7. The Kier molecular flexibility index (Phi) is 2.61. The molecule has 17 heavy (non-hydrogen) atoms. The highest BCUT2D eigenvalue weighted by molar-refractivity contribution is 5.83. The van der Waals surface area contributed by atoms with E-state index in [9.17, 15) is 4.79 Å². The smallest absolute Gasteiger partial charge is 0.240 e. The molecule has 0 aromatic heterocycles. The van der Waals surface area contributed by atoms with Crippen LogP contribution >= 0.6 is 0 Å². The van der Waals surface area contributed by atoms with Gasteiger partial charge in [0.25, 0.3) is 0 Å². The molecule has 4 nitrogen and oxygen atoms in total. The Morgan fingerprint density at radius 1 is 1.35 bits per heavy atom. The average Bonchev–Trinajstić information content (AvgIpc) is 2.48. The van der Waals surface area contributed by atoms with Crippen molar-refractivity contribution in [2.45, 2.75) is 18.5 Å². The number of nitrogens with zero attached hydrogens (tertiary/aromatic N) is 1. The van der Waals surface area contributed by atoms with Crippen molar-refractivity contribution in [1.29, 1.82) is 0 Å². The Bertz CT molecular complexity index is 447. The number of fused-ring (bicyclic) bond motifs is 3. The van der Waals surface area contributed by atoms with Crippen molar-refractivity contribution in [2.75, 3.05) is 19.8 Å². The topological polar surface area (TPSA) is 55.6 Å². The van der Waals surface area contributed by atoms with E-state index >= 15 is 0 Å². The monoisotopic (exact) mass is 232 g/mol. The van der Waals surface area contributed by atoms with E-state index in [1.807, 2.05) is 17.0 Å². The van der Waals surface area contributed by atoms with Gasteiger partial charge in [0.2, 0.25) is 5.91 Å². The van der Waals surface area contributed by atoms with Crippen LogP contribution in [-0.2, 0) is 16.0 Å². The van der Waals surface area contributed by atoms with Crippen LogP contribution in [0.1, 0.15) is 17.2 Å². The lowest BCUT2D eigenvalue weighted by molar-refractivity contribution is -0.140. The van der Waals surface area contributed by atoms with Crippen LogP contribution in [0.2, 0.25) is 0 Å². The van der Waals surface area contributed by atoms with Crippen LogP contribution < -0.4 is 5.73 Å². The second-order valence-electron chi connectivity index (χ2n) is 4.63. The Labute approximate surface area is 100 Å². The summed E-state index contributed by atoms with van der Waals surface area (Å²) in [4.78, 5) is 14.1. The van der Waals surface area contributed by atoms with Gasteiger partial charge in [-0.1, -0.05) is 24.3 Å². The zero-order chi connectivity index (χ0) is 11.8. The Morgan fingerprint density at radius 3 is 3.06 bits per heavy atom. The van der Waals surface area contributed by atoms with Crippen LogP contribution in [0.3, 0.4) is 0 Å². The molecule has 90 valence electrons. The van der Waals surface area contributed by atoms with Gasteiger partial charge >= 0.3 is 0 Å². The summed E-state index contributed by atoms with van der Waals surface area (Å²) in [6, 6.07) is 7.76. The van der Waals surface area contributed by atoms with E-state index in [2.05, 4.69) is 12.1 Å². The summed E-state index contributed by atoms with van der Waals surface area (Å²) in [5.41, 5.74) is 8.33. The number of rotatable bonds is 0. The number of carbonyl (C=O) groups excluding carboxylic acids is 1. The zero-order valence-electron chi connectivity index (χ0n) is 9.63. The van der Waals surface area contributed by atoms with Gasteiger partial charge in [0.15, 0.2) is 0 Å². The molecule has 1 aromatic rings. The molecule has 0 bridgehead atoms. The van der Waals surface area contributed by atoms with Gasteiger partial charge in [0.05, 0.1) is 25.3 Å². The maximum atomic E-state index is 12.2. The summed E-state index contributed by atoms with van der Waals surface area (Å²) in [7, 11) is 0. The molecule has 1 saturated heterocycles. The van der Waals surface area contributed by atoms with Gasteiger partial charge in [-0.25, -0.2) is 0 Å². The molecule has 1 amide bonds. The second-order valence-corrected chi connectivity index (χ2v) is 4.63. The van der Waals surface area contributed by atoms with Crippen molar-refractivity contribution in [3.05, 3.63) is 35.4 Å². The molecular weight excluding hydrogens is 216 g/mol. The predicted molar refractivity (Wildman–Crippen MR) is 63.4 cm³/mol. The summed E-state index contributed by atoms with van der Waals surface area (Å²) >= 11 is 0. The maximum Gasteiger partial charge on any atom is 0.240 e. The first-order chi connectivity index (χ1) is 8.27. The number of hydrogen-bond donors (Lipinski definition) is 1. The van der Waals surface area contributed by atoms with Gasteiger partial charge in [-0.05, 0) is 17.5 Å². The molecule has 0 saturated carbocycles. The van der Waals surface area contributed by atoms with Crippen LogP contribution in [0.5, 0.6) is 0 Å². The molecule has 0 radical (unpaired) electrons. The largest absolute Gasteiger partial charge is 0.377 e. The second kappa shape index (κ2) is 4.13. The fourth-order valence-electron chi connectivity index (χ4n) is 2.71. The van der Waals surface area contributed by atoms with E-state index in [0.717, 1.165) is 0 Å². The van der Waals surface area contributed by atoms with Crippen molar-refractivity contribution >= 4 is 5.91 Å². The highest BCUT2D eigenvalue weighted by atomic mass is 16.5. The minimum Gasteiger partial charge on any atom is -0.377 e. The lowest BCUT2D eigenvalue weighted by Crippen LogP contribution is -2.49. The molecule has 2 heterocycles. The Morgan fingerprint density at radius 2 is 2.18 bits per heavy atom. The Hall–Kier alpha value is -1.39. The van der Waals surface area contributed by atoms with E-state index in [0.29, 0.717) is 26.2 Å². The van der Waals surface area contributed by atoms with Crippen LogP contribution in [0, 0.1) is 0 Å². The van der Waals surface area contributed by atoms with Gasteiger partial charge in [0.1, 0.15) is 0 Å². The summed E-state index contributed by atoms with van der Waals surface area (Å²) in [6.45, 7) is 1.83. The third kappa shape index (κ3) is 1.73. The number of ether oxygens (including phenoxy) is 1. The Balaban J connectivity index is 2.07. The number of morpholine rings is 1. The normalized spacial score (nSPS) is 28.3. The number of amides is 1. The van der Waals surface area contributed by atoms with Crippen molar-refractivity contribution in [2.24, 2.45) is 5.73 Å². The zero-order valence-corrected chi connectivity index (χ0v) is 9.63. The quantitative estimate of drug-likeness (QED) is 0.707. The average molecular weight is 232 g/mol. The third-order valence-electron chi connectivity index (χ3n) is 3.58. The summed E-state index contributed by atoms with van der Waals surface area (Å²) in [6.07, 6.45) is 0.627. The number of hydrogen-bond acceptors (Lipinski definition) is 3. The van der Waals surface area contributed by atoms with Gasteiger partial charge in [-0.2, -0.15) is 0 Å². The van der Waals surface area contributed by atoms with Crippen LogP contribution in [0.25, 0.3) is 0 Å². The molecule has 2 N–H and O–H groups in total. The highest BCUT2D eigenvalue weighted by Gasteiger charge is 2.35. The van der Waals surface area contributed by atoms with E-state index in [-0.39, 0.29) is 11.9 Å². The predicted octanol–water partition coefficient (Wildman–Crippen LogP) is 0.470. The molecule has 0 unspecified atom stereocenters. The number of carbonyl (C=O) groups is 1. The molecule has 1 aromatic carbocycles. The molecule has 0 aliphatic carbocycles. The van der Waals surface area contributed by atoms with Gasteiger partial charge < -0.3 is 15.4 Å². The van der Waals surface area contributed by atoms with Crippen molar-refractivity contribution < 1.29 is 9.53 Å². The van der Waals surface area contributed by atoms with E-state index in [1.54, 1.807) is 0 Å². The lowest BCUT2D eigenvalue weighted by atomic mass is 9.98. The lowest BCUT2D eigenvalue weighted by Gasteiger charge is -2.35. The van der Waals surface area contributed by atoms with Gasteiger partial charge in [-0.15, -0.1) is 0 Å². The summed E-state index contributed by atoms with van der Waals surface area (Å²) in [5, 5.41) is 0. The molecule has 0 spiro atoms. The van der Waals surface area contributed by atoms with Crippen LogP contribution in [0.4, 0.5) is 0 Å². The molecule has 4 heteroatoms. The molecule has 2 aliphatic heterocycles. The SMILES string of the molecule is N[C@H]1Cc2ccccc2[C@H]2COCCN2C1=O. The summed E-state index contributed by atoms with van der Waals surface area (Å²) in [5.74, 6) is 0.0505. The fraction of sp³-hybridized carbons (Fsp3) is 0.462. The minimum atomic E-state index is -0.417. The van der Waals surface area contributed by atoms with E-state index in [1.165, 1.54) is 11.1 Å². The van der Waals surface area contributed by atoms with E-state index in [4.69, 9.17) is 10.5 Å². The highest BCUT2D eigenvalue weighted by Crippen LogP contribution is 2.31. The van der Waals surface area contributed by atoms with Crippen molar-refractivity contribution in [1.82, 2.24) is 4.90 Å². The standard InChI is InChI=1S/C13H16N2O2/c14-11-7-9-3-1-2-4-10(9)12-8-17-6-5-15(12)13(11)16/h1-4,11-12H,5-8,14H2/t11-,12+/m0/s1. The van der Waals surface area contributed by atoms with Crippen molar-refractivity contribution in [3.8, 4) is 0 Å². The molecular formula is C13H16N2O2. The first-order valence-electron chi connectivity index (χ1n) is 5.99. The number of nitrogens with two attached hydrogens (primary N) is 1. The first-order valence-corrected chi connectivity index (χ1v) is 5.99. The molecule has 2 atom stereocenters. The van der Waals surface area contributed by atoms with Gasteiger partial charge in [-0.3, -0.25) is 4.79 Å². The fourth-order valence-corrected chi connectivity index (χ4v) is 2.71.